The molecule has 0 bridgehead atoms. The normalized spacial score (nSPS) is 22.2. The van der Waals surface area contributed by atoms with Gasteiger partial charge < -0.3 is 15.8 Å². The monoisotopic (exact) mass is 385 g/mol. The molecule has 0 saturated heterocycles. The van der Waals surface area contributed by atoms with Crippen molar-refractivity contribution in [2.24, 2.45) is 11.7 Å². The van der Waals surface area contributed by atoms with E-state index in [-0.39, 0.29) is 0 Å². The number of pyridine rings is 1. The minimum atomic E-state index is -0.786. The average molecular weight is 386 g/mol. The molecule has 1 aromatic carbocycles. The Hall–Kier alpha value is -1.88. The zero-order valence-electron chi connectivity index (χ0n) is 16.4. The van der Waals surface area contributed by atoms with Gasteiger partial charge in [0.15, 0.2) is 5.72 Å². The molecule has 0 radical (unpaired) electrons. The van der Waals surface area contributed by atoms with E-state index in [9.17, 15) is 0 Å². The van der Waals surface area contributed by atoms with Gasteiger partial charge in [0, 0.05) is 23.3 Å². The predicted octanol–water partition coefficient (Wildman–Crippen LogP) is 4.80. The highest BCUT2D eigenvalue weighted by Crippen LogP contribution is 2.34. The molecule has 1 aliphatic rings. The van der Waals surface area contributed by atoms with Gasteiger partial charge in [-0.1, -0.05) is 43.6 Å². The number of rotatable bonds is 6. The Morgan fingerprint density at radius 1 is 1.30 bits per heavy atom. The maximum Gasteiger partial charge on any atom is 0.172 e. The van der Waals surface area contributed by atoms with Crippen LogP contribution in [0.2, 0.25) is 0 Å². The molecule has 0 saturated carbocycles. The van der Waals surface area contributed by atoms with Gasteiger partial charge in [0.1, 0.15) is 0 Å². The van der Waals surface area contributed by atoms with Crippen LogP contribution in [0, 0.1) is 5.92 Å². The molecular formula is C22H28ClN3O. The van der Waals surface area contributed by atoms with Gasteiger partial charge in [0.2, 0.25) is 0 Å². The highest BCUT2D eigenvalue weighted by Gasteiger charge is 2.34. The summed E-state index contributed by atoms with van der Waals surface area (Å²) in [6.45, 7) is 8.68. The molecule has 1 aliphatic heterocycles. The summed E-state index contributed by atoms with van der Waals surface area (Å²) in [6, 6.07) is 10.1. The van der Waals surface area contributed by atoms with Crippen LogP contribution in [0.25, 0.3) is 16.5 Å². The molecule has 3 N–H and O–H groups in total. The molecule has 2 aromatic rings. The first-order chi connectivity index (χ1) is 12.7. The number of nitrogens with one attached hydrogen (secondary N) is 1. The van der Waals surface area contributed by atoms with E-state index in [1.54, 1.807) is 0 Å². The van der Waals surface area contributed by atoms with E-state index in [1.807, 2.05) is 56.6 Å². The second kappa shape index (κ2) is 7.63. The summed E-state index contributed by atoms with van der Waals surface area (Å²) in [6.07, 6.45) is 6.60. The molecule has 0 amide bonds. The van der Waals surface area contributed by atoms with Crippen molar-refractivity contribution in [3.8, 4) is 0 Å². The number of hydrogen-bond acceptors (Lipinski definition) is 4. The van der Waals surface area contributed by atoms with Gasteiger partial charge in [-0.25, -0.2) is 0 Å². The van der Waals surface area contributed by atoms with Crippen molar-refractivity contribution in [3.63, 3.8) is 0 Å². The highest BCUT2D eigenvalue weighted by atomic mass is 35.5. The van der Waals surface area contributed by atoms with E-state index < -0.39 is 11.3 Å². The van der Waals surface area contributed by atoms with Gasteiger partial charge in [-0.15, -0.1) is 0 Å². The predicted molar refractivity (Wildman–Crippen MR) is 113 cm³/mol. The SMILES string of the molecule is CC(C)C[C@](C)(N)COC1(C)NC=C(c2ccnc3ccccc23)C=C1Cl. The van der Waals surface area contributed by atoms with Crippen molar-refractivity contribution < 1.29 is 4.74 Å². The molecule has 5 heteroatoms. The number of benzene rings is 1. The Labute approximate surface area is 166 Å². The Morgan fingerprint density at radius 3 is 2.74 bits per heavy atom. The fourth-order valence-corrected chi connectivity index (χ4v) is 3.74. The summed E-state index contributed by atoms with van der Waals surface area (Å²) < 4.78 is 6.13. The van der Waals surface area contributed by atoms with Crippen molar-refractivity contribution in [2.45, 2.75) is 45.4 Å². The minimum Gasteiger partial charge on any atom is -0.359 e. The van der Waals surface area contributed by atoms with Crippen molar-refractivity contribution in [2.75, 3.05) is 6.61 Å². The molecule has 2 atom stereocenters. The van der Waals surface area contributed by atoms with Gasteiger partial charge in [0.05, 0.1) is 17.2 Å². The number of aromatic nitrogens is 1. The summed E-state index contributed by atoms with van der Waals surface area (Å²) >= 11 is 6.63. The third-order valence-electron chi connectivity index (χ3n) is 4.77. The maximum atomic E-state index is 6.63. The molecule has 27 heavy (non-hydrogen) atoms. The molecule has 0 aliphatic carbocycles. The number of ether oxygens (including phenoxy) is 1. The zero-order valence-corrected chi connectivity index (χ0v) is 17.2. The lowest BCUT2D eigenvalue weighted by atomic mass is 9.92. The van der Waals surface area contributed by atoms with Crippen molar-refractivity contribution in [1.29, 1.82) is 0 Å². The van der Waals surface area contributed by atoms with Crippen LogP contribution in [0.1, 0.15) is 39.7 Å². The first-order valence-electron chi connectivity index (χ1n) is 9.33. The van der Waals surface area contributed by atoms with Crippen molar-refractivity contribution in [3.05, 3.63) is 59.4 Å². The molecule has 4 nitrogen and oxygen atoms in total. The summed E-state index contributed by atoms with van der Waals surface area (Å²) in [4.78, 5) is 4.42. The van der Waals surface area contributed by atoms with Gasteiger partial charge >= 0.3 is 0 Å². The third-order valence-corrected chi connectivity index (χ3v) is 5.24. The number of allylic oxidation sites excluding steroid dienone is 2. The molecule has 3 rings (SSSR count). The van der Waals surface area contributed by atoms with Crippen LogP contribution in [-0.4, -0.2) is 22.9 Å². The van der Waals surface area contributed by atoms with Crippen molar-refractivity contribution in [1.82, 2.24) is 10.3 Å². The van der Waals surface area contributed by atoms with E-state index in [4.69, 9.17) is 22.1 Å². The Bertz CT molecular complexity index is 883. The first-order valence-corrected chi connectivity index (χ1v) is 9.70. The summed E-state index contributed by atoms with van der Waals surface area (Å²) in [5, 5.41) is 5.01. The van der Waals surface area contributed by atoms with Gasteiger partial charge in [-0.05, 0) is 55.5 Å². The third kappa shape index (κ3) is 4.52. The van der Waals surface area contributed by atoms with E-state index in [2.05, 4.69) is 30.2 Å². The summed E-state index contributed by atoms with van der Waals surface area (Å²) in [5.74, 6) is 0.508. The standard InChI is InChI=1S/C22H28ClN3O/c1-15(2)12-21(3,24)14-27-22(4)20(23)11-16(13-26-22)17-9-10-25-19-8-6-5-7-18(17)19/h5-11,13,15,26H,12,14,24H2,1-4H3/t21-,22?/m0/s1. The molecule has 1 aromatic heterocycles. The molecular weight excluding hydrogens is 358 g/mol. The van der Waals surface area contributed by atoms with E-state index >= 15 is 0 Å². The van der Waals surface area contributed by atoms with Crippen LogP contribution in [0.3, 0.4) is 0 Å². The average Bonchev–Trinajstić information content (AvgIpc) is 2.61. The van der Waals surface area contributed by atoms with Gasteiger partial charge in [-0.2, -0.15) is 0 Å². The van der Waals surface area contributed by atoms with E-state index in [0.29, 0.717) is 17.6 Å². The van der Waals surface area contributed by atoms with Crippen molar-refractivity contribution >= 4 is 28.1 Å². The molecule has 2 heterocycles. The number of nitrogens with zero attached hydrogens (tertiary/aromatic N) is 1. The Kier molecular flexibility index (Phi) is 5.61. The van der Waals surface area contributed by atoms with Gasteiger partial charge in [0.25, 0.3) is 0 Å². The van der Waals surface area contributed by atoms with E-state index in [0.717, 1.165) is 28.5 Å². The summed E-state index contributed by atoms with van der Waals surface area (Å²) in [7, 11) is 0. The fraction of sp³-hybridized carbons (Fsp3) is 0.409. The lowest BCUT2D eigenvalue weighted by Crippen LogP contribution is -2.50. The molecule has 0 spiro atoms. The molecule has 0 fully saturated rings. The van der Waals surface area contributed by atoms with Gasteiger partial charge in [-0.3, -0.25) is 4.98 Å². The summed E-state index contributed by atoms with van der Waals surface area (Å²) in [5.41, 5.74) is 8.23. The number of halogens is 1. The lowest BCUT2D eigenvalue weighted by Gasteiger charge is -2.37. The number of para-hydroxylation sites is 1. The number of dihydropyridines is 1. The molecule has 144 valence electrons. The smallest absolute Gasteiger partial charge is 0.172 e. The van der Waals surface area contributed by atoms with Crippen LogP contribution < -0.4 is 11.1 Å². The number of fused-ring (bicyclic) bond motifs is 1. The Morgan fingerprint density at radius 2 is 2.04 bits per heavy atom. The Balaban J connectivity index is 1.80. The second-order valence-corrected chi connectivity index (χ2v) is 8.59. The van der Waals surface area contributed by atoms with Crippen LogP contribution in [-0.2, 0) is 4.74 Å². The van der Waals surface area contributed by atoms with Crippen LogP contribution in [0.15, 0.2) is 53.8 Å². The minimum absolute atomic E-state index is 0.401. The zero-order chi connectivity index (χ0) is 19.7. The highest BCUT2D eigenvalue weighted by molar-refractivity contribution is 6.31. The second-order valence-electron chi connectivity index (χ2n) is 8.19. The number of hydrogen-bond donors (Lipinski definition) is 2. The quantitative estimate of drug-likeness (QED) is 0.749. The van der Waals surface area contributed by atoms with Crippen LogP contribution in [0.4, 0.5) is 0 Å². The first kappa shape index (κ1) is 19.9. The van der Waals surface area contributed by atoms with Crippen LogP contribution >= 0.6 is 11.6 Å². The number of nitrogens with two attached hydrogens (primary N) is 1. The maximum absolute atomic E-state index is 6.63. The lowest BCUT2D eigenvalue weighted by molar-refractivity contribution is -0.0391. The topological polar surface area (TPSA) is 60.2 Å². The van der Waals surface area contributed by atoms with E-state index in [1.165, 1.54) is 0 Å². The van der Waals surface area contributed by atoms with Crippen LogP contribution in [0.5, 0.6) is 0 Å². The molecule has 1 unspecified atom stereocenters. The largest absolute Gasteiger partial charge is 0.359 e. The fourth-order valence-electron chi connectivity index (χ4n) is 3.51.